The Morgan fingerprint density at radius 3 is 2.26 bits per heavy atom. The molecule has 2 aliphatic heterocycles. The lowest BCUT2D eigenvalue weighted by atomic mass is 9.91. The van der Waals surface area contributed by atoms with Gasteiger partial charge in [0.05, 0.1) is 12.6 Å². The SMILES string of the molecule is NC(C(=O)N1CCN(CC(F)(F)C(F)F)CC1)C1CCOCC1. The van der Waals surface area contributed by atoms with Gasteiger partial charge in [-0.15, -0.1) is 0 Å². The third-order valence-corrected chi connectivity index (χ3v) is 4.50. The van der Waals surface area contributed by atoms with Crippen molar-refractivity contribution in [2.24, 2.45) is 11.7 Å². The molecule has 5 nitrogen and oxygen atoms in total. The average molecular weight is 341 g/mol. The lowest BCUT2D eigenvalue weighted by Crippen LogP contribution is -2.57. The van der Waals surface area contributed by atoms with Crippen LogP contribution in [0, 0.1) is 5.92 Å². The first-order valence-corrected chi connectivity index (χ1v) is 7.81. The minimum Gasteiger partial charge on any atom is -0.381 e. The third-order valence-electron chi connectivity index (χ3n) is 4.50. The van der Waals surface area contributed by atoms with E-state index in [0.29, 0.717) is 13.2 Å². The van der Waals surface area contributed by atoms with Crippen molar-refractivity contribution in [1.29, 1.82) is 0 Å². The Kier molecular flexibility index (Phi) is 6.21. The van der Waals surface area contributed by atoms with Crippen LogP contribution in [0.15, 0.2) is 0 Å². The van der Waals surface area contributed by atoms with Crippen molar-refractivity contribution in [3.8, 4) is 0 Å². The molecule has 0 saturated carbocycles. The second kappa shape index (κ2) is 7.76. The van der Waals surface area contributed by atoms with Crippen molar-refractivity contribution in [2.75, 3.05) is 45.9 Å². The molecule has 1 amide bonds. The summed E-state index contributed by atoms with van der Waals surface area (Å²) in [6.07, 6.45) is -2.22. The van der Waals surface area contributed by atoms with E-state index in [1.807, 2.05) is 0 Å². The molecule has 0 aromatic carbocycles. The zero-order valence-corrected chi connectivity index (χ0v) is 12.9. The highest BCUT2D eigenvalue weighted by Gasteiger charge is 2.43. The number of nitrogens with zero attached hydrogens (tertiary/aromatic N) is 2. The van der Waals surface area contributed by atoms with Gasteiger partial charge in [-0.05, 0) is 18.8 Å². The molecule has 0 spiro atoms. The number of nitrogens with two attached hydrogens (primary N) is 1. The van der Waals surface area contributed by atoms with Crippen LogP contribution in [0.2, 0.25) is 0 Å². The summed E-state index contributed by atoms with van der Waals surface area (Å²) >= 11 is 0. The molecule has 0 aromatic heterocycles. The molecule has 23 heavy (non-hydrogen) atoms. The van der Waals surface area contributed by atoms with Crippen molar-refractivity contribution >= 4 is 5.91 Å². The van der Waals surface area contributed by atoms with Crippen LogP contribution in [-0.4, -0.2) is 80.0 Å². The maximum Gasteiger partial charge on any atom is 0.319 e. The number of rotatable bonds is 5. The molecule has 0 aromatic rings. The van der Waals surface area contributed by atoms with Gasteiger partial charge in [-0.25, -0.2) is 8.78 Å². The van der Waals surface area contributed by atoms with Crippen LogP contribution in [0.3, 0.4) is 0 Å². The highest BCUT2D eigenvalue weighted by Crippen LogP contribution is 2.25. The van der Waals surface area contributed by atoms with Crippen molar-refractivity contribution in [2.45, 2.75) is 31.2 Å². The summed E-state index contributed by atoms with van der Waals surface area (Å²) in [4.78, 5) is 15.2. The topological polar surface area (TPSA) is 58.8 Å². The third kappa shape index (κ3) is 4.77. The Morgan fingerprint density at radius 1 is 1.17 bits per heavy atom. The summed E-state index contributed by atoms with van der Waals surface area (Å²) in [7, 11) is 0. The summed E-state index contributed by atoms with van der Waals surface area (Å²) in [6, 6.07) is -0.618. The molecule has 2 saturated heterocycles. The lowest BCUT2D eigenvalue weighted by Gasteiger charge is -2.38. The quantitative estimate of drug-likeness (QED) is 0.751. The summed E-state index contributed by atoms with van der Waals surface area (Å²) in [5.74, 6) is -4.15. The van der Waals surface area contributed by atoms with E-state index in [0.717, 1.165) is 12.8 Å². The Bertz CT molecular complexity index is 397. The van der Waals surface area contributed by atoms with Crippen molar-refractivity contribution in [3.63, 3.8) is 0 Å². The first-order chi connectivity index (χ1) is 10.8. The largest absolute Gasteiger partial charge is 0.381 e. The second-order valence-electron chi connectivity index (χ2n) is 6.14. The smallest absolute Gasteiger partial charge is 0.319 e. The molecule has 2 N–H and O–H groups in total. The highest BCUT2D eigenvalue weighted by atomic mass is 19.3. The van der Waals surface area contributed by atoms with E-state index < -0.39 is 24.9 Å². The number of hydrogen-bond acceptors (Lipinski definition) is 4. The fourth-order valence-corrected chi connectivity index (χ4v) is 2.98. The molecule has 2 fully saturated rings. The van der Waals surface area contributed by atoms with E-state index >= 15 is 0 Å². The maximum absolute atomic E-state index is 13.1. The molecular formula is C14H23F4N3O2. The summed E-state index contributed by atoms with van der Waals surface area (Å²) in [6.45, 7) is 0.941. The van der Waals surface area contributed by atoms with Crippen molar-refractivity contribution < 1.29 is 27.1 Å². The van der Waals surface area contributed by atoms with Gasteiger partial charge < -0.3 is 15.4 Å². The van der Waals surface area contributed by atoms with E-state index in [2.05, 4.69) is 0 Å². The van der Waals surface area contributed by atoms with Gasteiger partial charge in [0, 0.05) is 39.4 Å². The van der Waals surface area contributed by atoms with Crippen LogP contribution in [-0.2, 0) is 9.53 Å². The number of ether oxygens (including phenoxy) is 1. The van der Waals surface area contributed by atoms with E-state index in [1.54, 1.807) is 0 Å². The molecule has 0 aliphatic carbocycles. The van der Waals surface area contributed by atoms with Gasteiger partial charge >= 0.3 is 12.3 Å². The lowest BCUT2D eigenvalue weighted by molar-refractivity contribution is -0.149. The summed E-state index contributed by atoms with van der Waals surface area (Å²) in [5, 5.41) is 0. The van der Waals surface area contributed by atoms with Crippen molar-refractivity contribution in [3.05, 3.63) is 0 Å². The fraction of sp³-hybridized carbons (Fsp3) is 0.929. The highest BCUT2D eigenvalue weighted by molar-refractivity contribution is 5.82. The first kappa shape index (κ1) is 18.4. The van der Waals surface area contributed by atoms with E-state index in [9.17, 15) is 22.4 Å². The molecule has 0 bridgehead atoms. The van der Waals surface area contributed by atoms with E-state index in [1.165, 1.54) is 9.80 Å². The Labute approximate surface area is 132 Å². The molecule has 0 radical (unpaired) electrons. The Hall–Kier alpha value is -0.930. The number of halogens is 4. The number of piperazine rings is 1. The molecule has 134 valence electrons. The van der Waals surface area contributed by atoms with Gasteiger partial charge in [-0.2, -0.15) is 8.78 Å². The Balaban J connectivity index is 1.80. The number of hydrogen-bond donors (Lipinski definition) is 1. The normalized spacial score (nSPS) is 23.3. The minimum absolute atomic E-state index is 0.0671. The van der Waals surface area contributed by atoms with Crippen LogP contribution in [0.4, 0.5) is 17.6 Å². The van der Waals surface area contributed by atoms with Gasteiger partial charge in [0.15, 0.2) is 0 Å². The van der Waals surface area contributed by atoms with Gasteiger partial charge in [0.1, 0.15) is 0 Å². The number of carbonyl (C=O) groups is 1. The first-order valence-electron chi connectivity index (χ1n) is 7.81. The van der Waals surface area contributed by atoms with Gasteiger partial charge in [0.2, 0.25) is 5.91 Å². The molecule has 1 unspecified atom stereocenters. The molecule has 2 rings (SSSR count). The van der Waals surface area contributed by atoms with Crippen LogP contribution >= 0.6 is 0 Å². The van der Waals surface area contributed by atoms with Crippen LogP contribution in [0.25, 0.3) is 0 Å². The Morgan fingerprint density at radius 2 is 1.74 bits per heavy atom. The average Bonchev–Trinajstić information content (AvgIpc) is 2.54. The summed E-state index contributed by atoms with van der Waals surface area (Å²) < 4.78 is 55.8. The number of alkyl halides is 4. The maximum atomic E-state index is 13.1. The minimum atomic E-state index is -4.02. The zero-order chi connectivity index (χ0) is 17.0. The van der Waals surface area contributed by atoms with Gasteiger partial charge in [-0.3, -0.25) is 9.69 Å². The molecule has 1 atom stereocenters. The molecule has 9 heteroatoms. The van der Waals surface area contributed by atoms with Gasteiger partial charge in [0.25, 0.3) is 0 Å². The number of amides is 1. The predicted molar refractivity (Wildman–Crippen MR) is 75.5 cm³/mol. The molecular weight excluding hydrogens is 318 g/mol. The predicted octanol–water partition coefficient (Wildman–Crippen LogP) is 0.785. The van der Waals surface area contributed by atoms with Crippen molar-refractivity contribution in [1.82, 2.24) is 9.80 Å². The van der Waals surface area contributed by atoms with E-state index in [4.69, 9.17) is 10.5 Å². The van der Waals surface area contributed by atoms with Crippen LogP contribution < -0.4 is 5.73 Å². The fourth-order valence-electron chi connectivity index (χ4n) is 2.98. The molecule has 2 aliphatic rings. The molecule has 2 heterocycles. The van der Waals surface area contributed by atoms with E-state index in [-0.39, 0.29) is 38.0 Å². The van der Waals surface area contributed by atoms with Crippen LogP contribution in [0.1, 0.15) is 12.8 Å². The second-order valence-corrected chi connectivity index (χ2v) is 6.14. The summed E-state index contributed by atoms with van der Waals surface area (Å²) in [5.41, 5.74) is 6.02. The zero-order valence-electron chi connectivity index (χ0n) is 12.9. The standard InChI is InChI=1S/C14H23F4N3O2/c15-13(16)14(17,18)9-20-3-5-21(6-4-20)12(22)11(19)10-1-7-23-8-2-10/h10-11,13H,1-9,19H2. The number of carbonyl (C=O) groups excluding carboxylic acids is 1. The monoisotopic (exact) mass is 341 g/mol. The van der Waals surface area contributed by atoms with Gasteiger partial charge in [-0.1, -0.05) is 0 Å². The van der Waals surface area contributed by atoms with Crippen LogP contribution in [0.5, 0.6) is 0 Å².